The van der Waals surface area contributed by atoms with E-state index in [1.165, 1.54) is 27.7 Å². The number of carbonyl (C=O) groups excluding carboxylic acids is 1. The van der Waals surface area contributed by atoms with Crippen molar-refractivity contribution in [2.45, 2.75) is 26.9 Å². The van der Waals surface area contributed by atoms with Gasteiger partial charge in [-0.2, -0.15) is 0 Å². The molecule has 0 fully saturated rings. The summed E-state index contributed by atoms with van der Waals surface area (Å²) in [6.07, 6.45) is 0. The van der Waals surface area contributed by atoms with Gasteiger partial charge in [-0.3, -0.25) is 19.5 Å². The van der Waals surface area contributed by atoms with Crippen LogP contribution in [0.3, 0.4) is 0 Å². The van der Waals surface area contributed by atoms with Crippen LogP contribution in [-0.2, 0) is 17.9 Å². The van der Waals surface area contributed by atoms with Crippen LogP contribution in [0.25, 0.3) is 11.1 Å². The number of nitrogens with zero attached hydrogens (tertiary/aromatic N) is 3. The van der Waals surface area contributed by atoms with Gasteiger partial charge in [0.2, 0.25) is 5.91 Å². The summed E-state index contributed by atoms with van der Waals surface area (Å²) in [5.41, 5.74) is 3.51. The number of nitro benzene ring substituents is 1. The Balaban J connectivity index is 1.81. The minimum Gasteiger partial charge on any atom is -0.407 e. The van der Waals surface area contributed by atoms with Crippen molar-refractivity contribution in [2.75, 3.05) is 7.05 Å². The zero-order valence-electron chi connectivity index (χ0n) is 15.3. The number of likely N-dealkylation sites (N-methyl/N-ethyl adjacent to an activating group) is 1. The van der Waals surface area contributed by atoms with Crippen molar-refractivity contribution in [2.24, 2.45) is 0 Å². The maximum Gasteiger partial charge on any atom is 0.420 e. The average molecular weight is 369 g/mol. The molecule has 0 aliphatic heterocycles. The van der Waals surface area contributed by atoms with E-state index in [1.807, 2.05) is 26.0 Å². The molecule has 0 saturated heterocycles. The zero-order valence-corrected chi connectivity index (χ0v) is 15.3. The molecule has 0 saturated carbocycles. The molecule has 8 heteroatoms. The summed E-state index contributed by atoms with van der Waals surface area (Å²) in [6, 6.07) is 9.88. The van der Waals surface area contributed by atoms with Gasteiger partial charge in [0.25, 0.3) is 5.69 Å². The van der Waals surface area contributed by atoms with E-state index in [0.717, 1.165) is 16.7 Å². The van der Waals surface area contributed by atoms with Crippen LogP contribution in [0.4, 0.5) is 5.69 Å². The molecule has 0 aliphatic rings. The monoisotopic (exact) mass is 369 g/mol. The van der Waals surface area contributed by atoms with Crippen molar-refractivity contribution in [3.05, 3.63) is 73.8 Å². The molecule has 1 aromatic heterocycles. The Hall–Kier alpha value is -3.42. The molecule has 1 heterocycles. The third-order valence-corrected chi connectivity index (χ3v) is 4.49. The van der Waals surface area contributed by atoms with Crippen molar-refractivity contribution >= 4 is 22.7 Å². The van der Waals surface area contributed by atoms with Gasteiger partial charge >= 0.3 is 5.76 Å². The fraction of sp³-hybridized carbons (Fsp3) is 0.263. The van der Waals surface area contributed by atoms with E-state index >= 15 is 0 Å². The van der Waals surface area contributed by atoms with Crippen LogP contribution in [0, 0.1) is 24.0 Å². The maximum absolute atomic E-state index is 12.6. The summed E-state index contributed by atoms with van der Waals surface area (Å²) in [5.74, 6) is -0.989. The number of nitro groups is 1. The molecule has 27 heavy (non-hydrogen) atoms. The third-order valence-electron chi connectivity index (χ3n) is 4.49. The van der Waals surface area contributed by atoms with Crippen LogP contribution in [-0.4, -0.2) is 27.3 Å². The Morgan fingerprint density at radius 3 is 2.63 bits per heavy atom. The number of fused-ring (bicyclic) bond motifs is 1. The SMILES string of the molecule is Cc1ccc(CN(C)C(=O)Cn2c(=O)oc3cc([N+](=O)[O-])ccc32)c(C)c1. The molecule has 8 nitrogen and oxygen atoms in total. The summed E-state index contributed by atoms with van der Waals surface area (Å²) in [6.45, 7) is 4.21. The normalized spacial score (nSPS) is 10.9. The number of benzene rings is 2. The molecule has 0 unspecified atom stereocenters. The van der Waals surface area contributed by atoms with E-state index < -0.39 is 10.7 Å². The summed E-state index contributed by atoms with van der Waals surface area (Å²) >= 11 is 0. The second kappa shape index (κ2) is 7.06. The first-order valence-electron chi connectivity index (χ1n) is 8.34. The Kier molecular flexibility index (Phi) is 4.81. The number of aromatic nitrogens is 1. The predicted molar refractivity (Wildman–Crippen MR) is 99.5 cm³/mol. The number of amides is 1. The first-order valence-corrected chi connectivity index (χ1v) is 8.34. The predicted octanol–water partition coefficient (Wildman–Crippen LogP) is 2.78. The van der Waals surface area contributed by atoms with Gasteiger partial charge in [-0.05, 0) is 31.0 Å². The molecule has 0 N–H and O–H groups in total. The number of oxazole rings is 1. The fourth-order valence-corrected chi connectivity index (χ4v) is 2.94. The number of hydrogen-bond donors (Lipinski definition) is 0. The van der Waals surface area contributed by atoms with Gasteiger partial charge < -0.3 is 9.32 Å². The average Bonchev–Trinajstić information content (AvgIpc) is 2.92. The van der Waals surface area contributed by atoms with E-state index in [1.54, 1.807) is 7.05 Å². The highest BCUT2D eigenvalue weighted by atomic mass is 16.6. The zero-order chi connectivity index (χ0) is 19.7. The van der Waals surface area contributed by atoms with Crippen molar-refractivity contribution < 1.29 is 14.1 Å². The quantitative estimate of drug-likeness (QED) is 0.509. The molecule has 0 spiro atoms. The van der Waals surface area contributed by atoms with Gasteiger partial charge in [-0.25, -0.2) is 4.79 Å². The van der Waals surface area contributed by atoms with Crippen LogP contribution >= 0.6 is 0 Å². The summed E-state index contributed by atoms with van der Waals surface area (Å²) < 4.78 is 6.23. The summed E-state index contributed by atoms with van der Waals surface area (Å²) in [5, 5.41) is 10.8. The van der Waals surface area contributed by atoms with Crippen LogP contribution in [0.5, 0.6) is 0 Å². The molecule has 2 aromatic carbocycles. The van der Waals surface area contributed by atoms with Gasteiger partial charge in [0.05, 0.1) is 16.5 Å². The largest absolute Gasteiger partial charge is 0.420 e. The Morgan fingerprint density at radius 1 is 1.22 bits per heavy atom. The lowest BCUT2D eigenvalue weighted by atomic mass is 10.1. The standard InChI is InChI=1S/C19H19N3O5/c1-12-4-5-14(13(2)8-12)10-20(3)18(23)11-21-16-7-6-15(22(25)26)9-17(16)27-19(21)24/h4-9H,10-11H2,1-3H3. The topological polar surface area (TPSA) is 98.6 Å². The minimum absolute atomic E-state index is 0.0824. The van der Waals surface area contributed by atoms with Crippen LogP contribution in [0.15, 0.2) is 45.6 Å². The molecule has 140 valence electrons. The molecule has 3 rings (SSSR count). The van der Waals surface area contributed by atoms with Crippen LogP contribution < -0.4 is 5.76 Å². The van der Waals surface area contributed by atoms with E-state index in [2.05, 4.69) is 6.07 Å². The van der Waals surface area contributed by atoms with Crippen molar-refractivity contribution in [1.82, 2.24) is 9.47 Å². The van der Waals surface area contributed by atoms with Gasteiger partial charge in [0.15, 0.2) is 5.58 Å². The van der Waals surface area contributed by atoms with E-state index in [-0.39, 0.29) is 23.7 Å². The fourth-order valence-electron chi connectivity index (χ4n) is 2.94. The highest BCUT2D eigenvalue weighted by Crippen LogP contribution is 2.20. The molecule has 0 radical (unpaired) electrons. The lowest BCUT2D eigenvalue weighted by Crippen LogP contribution is -2.32. The Morgan fingerprint density at radius 2 is 1.96 bits per heavy atom. The lowest BCUT2D eigenvalue weighted by Gasteiger charge is -2.19. The number of hydrogen-bond acceptors (Lipinski definition) is 5. The molecule has 0 atom stereocenters. The summed E-state index contributed by atoms with van der Waals surface area (Å²) in [7, 11) is 1.67. The van der Waals surface area contributed by atoms with E-state index in [9.17, 15) is 19.7 Å². The van der Waals surface area contributed by atoms with Gasteiger partial charge in [-0.1, -0.05) is 23.8 Å². The number of non-ortho nitro benzene ring substituents is 1. The molecule has 3 aromatic rings. The maximum atomic E-state index is 12.6. The first-order chi connectivity index (χ1) is 12.8. The molecule has 0 aliphatic carbocycles. The van der Waals surface area contributed by atoms with E-state index in [0.29, 0.717) is 12.1 Å². The van der Waals surface area contributed by atoms with Gasteiger partial charge in [-0.15, -0.1) is 0 Å². The molecular formula is C19H19N3O5. The van der Waals surface area contributed by atoms with Gasteiger partial charge in [0.1, 0.15) is 6.54 Å². The van der Waals surface area contributed by atoms with E-state index in [4.69, 9.17) is 4.42 Å². The highest BCUT2D eigenvalue weighted by Gasteiger charge is 2.18. The number of rotatable bonds is 5. The lowest BCUT2D eigenvalue weighted by molar-refractivity contribution is -0.384. The minimum atomic E-state index is -0.723. The highest BCUT2D eigenvalue weighted by molar-refractivity contribution is 5.80. The van der Waals surface area contributed by atoms with Crippen molar-refractivity contribution in [1.29, 1.82) is 0 Å². The molecular weight excluding hydrogens is 350 g/mol. The Bertz CT molecular complexity index is 1100. The van der Waals surface area contributed by atoms with Crippen LogP contribution in [0.2, 0.25) is 0 Å². The third kappa shape index (κ3) is 3.74. The van der Waals surface area contributed by atoms with Crippen molar-refractivity contribution in [3.8, 4) is 0 Å². The first kappa shape index (κ1) is 18.4. The van der Waals surface area contributed by atoms with Gasteiger partial charge in [0, 0.05) is 19.7 Å². The summed E-state index contributed by atoms with van der Waals surface area (Å²) in [4.78, 5) is 36.5. The second-order valence-corrected chi connectivity index (χ2v) is 6.54. The Labute approximate surface area is 154 Å². The van der Waals surface area contributed by atoms with Crippen molar-refractivity contribution in [3.63, 3.8) is 0 Å². The second-order valence-electron chi connectivity index (χ2n) is 6.54. The molecule has 0 bridgehead atoms. The number of carbonyl (C=O) groups is 1. The smallest absolute Gasteiger partial charge is 0.407 e. The van der Waals surface area contributed by atoms with Crippen LogP contribution in [0.1, 0.15) is 16.7 Å². The number of aryl methyl sites for hydroxylation is 2. The molecule has 1 amide bonds.